The summed E-state index contributed by atoms with van der Waals surface area (Å²) in [6, 6.07) is 0. The maximum Gasteiger partial charge on any atom is 0.0859 e. The number of rotatable bonds is 4. The van der Waals surface area contributed by atoms with Crippen LogP contribution in [0.5, 0.6) is 0 Å². The van der Waals surface area contributed by atoms with Crippen LogP contribution in [0.1, 0.15) is 0 Å². The zero-order valence-electron chi connectivity index (χ0n) is 5.50. The molecule has 0 spiro atoms. The van der Waals surface area contributed by atoms with Crippen molar-refractivity contribution in [1.29, 1.82) is 0 Å². The summed E-state index contributed by atoms with van der Waals surface area (Å²) in [4.78, 5) is 0. The molecule has 0 saturated carbocycles. The van der Waals surface area contributed by atoms with Crippen LogP contribution >= 0.6 is 0 Å². The Morgan fingerprint density at radius 3 is 2.00 bits per heavy atom. The van der Waals surface area contributed by atoms with Crippen molar-refractivity contribution in [2.45, 2.75) is 5.54 Å². The second-order valence-corrected chi connectivity index (χ2v) is 2.11. The summed E-state index contributed by atoms with van der Waals surface area (Å²) >= 11 is 0. The Balaban J connectivity index is 3.62. The molecule has 0 unspecified atom stereocenters. The molecule has 4 nitrogen and oxygen atoms in total. The standard InChI is InChI=1S/C5H13NO3/c1-9-4-5(6,2-7)3-8/h7-8H,2-4,6H2,1H3. The fraction of sp³-hybridized carbons (Fsp3) is 1.00. The fourth-order valence-corrected chi connectivity index (χ4v) is 0.429. The van der Waals surface area contributed by atoms with Crippen molar-refractivity contribution in [3.05, 3.63) is 0 Å². The molecule has 4 N–H and O–H groups in total. The third kappa shape index (κ3) is 2.76. The number of nitrogens with two attached hydrogens (primary N) is 1. The molecule has 0 bridgehead atoms. The maximum atomic E-state index is 8.55. The van der Waals surface area contributed by atoms with Crippen molar-refractivity contribution in [1.82, 2.24) is 0 Å². The molecule has 0 saturated heterocycles. The Kier molecular flexibility index (Phi) is 3.72. The predicted molar refractivity (Wildman–Crippen MR) is 33.0 cm³/mol. The van der Waals surface area contributed by atoms with Crippen LogP contribution in [0, 0.1) is 0 Å². The first-order valence-electron chi connectivity index (χ1n) is 2.68. The fourth-order valence-electron chi connectivity index (χ4n) is 0.429. The van der Waals surface area contributed by atoms with E-state index in [2.05, 4.69) is 4.74 Å². The van der Waals surface area contributed by atoms with Crippen LogP contribution in [0.15, 0.2) is 0 Å². The van der Waals surface area contributed by atoms with Gasteiger partial charge >= 0.3 is 0 Å². The van der Waals surface area contributed by atoms with Gasteiger partial charge in [0.15, 0.2) is 0 Å². The Labute approximate surface area is 54.2 Å². The molecular weight excluding hydrogens is 122 g/mol. The molecule has 0 aliphatic carbocycles. The zero-order chi connectivity index (χ0) is 7.33. The molecule has 56 valence electrons. The van der Waals surface area contributed by atoms with Crippen molar-refractivity contribution in [2.24, 2.45) is 5.73 Å². The summed E-state index contributed by atoms with van der Waals surface area (Å²) in [5.41, 5.74) is 4.40. The monoisotopic (exact) mass is 135 g/mol. The van der Waals surface area contributed by atoms with Gasteiger partial charge in [-0.25, -0.2) is 0 Å². The van der Waals surface area contributed by atoms with E-state index >= 15 is 0 Å². The minimum Gasteiger partial charge on any atom is -0.394 e. The highest BCUT2D eigenvalue weighted by Crippen LogP contribution is 1.96. The van der Waals surface area contributed by atoms with Gasteiger partial charge in [-0.2, -0.15) is 0 Å². The quantitative estimate of drug-likeness (QED) is 0.430. The van der Waals surface area contributed by atoms with Crippen molar-refractivity contribution in [3.8, 4) is 0 Å². The van der Waals surface area contributed by atoms with Gasteiger partial charge < -0.3 is 20.7 Å². The average Bonchev–Trinajstić information content (AvgIpc) is 1.89. The number of hydrogen-bond acceptors (Lipinski definition) is 4. The highest BCUT2D eigenvalue weighted by Gasteiger charge is 2.22. The first-order valence-corrected chi connectivity index (χ1v) is 2.68. The second kappa shape index (κ2) is 3.79. The first kappa shape index (κ1) is 8.84. The molecule has 4 heteroatoms. The number of aliphatic hydroxyl groups is 2. The zero-order valence-corrected chi connectivity index (χ0v) is 5.50. The SMILES string of the molecule is COCC(N)(CO)CO. The Morgan fingerprint density at radius 2 is 1.89 bits per heavy atom. The molecule has 0 aliphatic rings. The Hall–Kier alpha value is -0.160. The normalized spacial score (nSPS) is 12.0. The summed E-state index contributed by atoms with van der Waals surface area (Å²) in [6.07, 6.45) is 0. The number of hydrogen-bond donors (Lipinski definition) is 3. The highest BCUT2D eigenvalue weighted by atomic mass is 16.5. The van der Waals surface area contributed by atoms with Crippen LogP contribution in [0.3, 0.4) is 0 Å². The molecule has 0 rings (SSSR count). The summed E-state index contributed by atoms with van der Waals surface area (Å²) in [5, 5.41) is 17.1. The predicted octanol–water partition coefficient (Wildman–Crippen LogP) is -1.69. The van der Waals surface area contributed by atoms with E-state index in [1.807, 2.05) is 0 Å². The summed E-state index contributed by atoms with van der Waals surface area (Å²) < 4.78 is 4.64. The van der Waals surface area contributed by atoms with Gasteiger partial charge in [-0.15, -0.1) is 0 Å². The van der Waals surface area contributed by atoms with E-state index in [9.17, 15) is 0 Å². The van der Waals surface area contributed by atoms with Crippen LogP contribution < -0.4 is 5.73 Å². The van der Waals surface area contributed by atoms with Crippen LogP contribution in [0.25, 0.3) is 0 Å². The van der Waals surface area contributed by atoms with E-state index in [1.54, 1.807) is 0 Å². The van der Waals surface area contributed by atoms with Gasteiger partial charge in [0, 0.05) is 7.11 Å². The van der Waals surface area contributed by atoms with Gasteiger partial charge in [0.1, 0.15) is 0 Å². The van der Waals surface area contributed by atoms with Gasteiger partial charge in [0.05, 0.1) is 25.4 Å². The molecule has 0 heterocycles. The van der Waals surface area contributed by atoms with E-state index < -0.39 is 5.54 Å². The number of ether oxygens (including phenoxy) is 1. The van der Waals surface area contributed by atoms with Crippen LogP contribution in [-0.2, 0) is 4.74 Å². The summed E-state index contributed by atoms with van der Waals surface area (Å²) in [7, 11) is 1.47. The molecule has 0 aromatic rings. The number of methoxy groups -OCH3 is 1. The van der Waals surface area contributed by atoms with Gasteiger partial charge in [0.25, 0.3) is 0 Å². The second-order valence-electron chi connectivity index (χ2n) is 2.11. The molecule has 0 atom stereocenters. The molecule has 0 radical (unpaired) electrons. The summed E-state index contributed by atoms with van der Waals surface area (Å²) in [6.45, 7) is -0.366. The maximum absolute atomic E-state index is 8.55. The van der Waals surface area contributed by atoms with Crippen molar-refractivity contribution in [2.75, 3.05) is 26.9 Å². The van der Waals surface area contributed by atoms with Crippen LogP contribution in [0.2, 0.25) is 0 Å². The number of aliphatic hydroxyl groups excluding tert-OH is 2. The highest BCUT2D eigenvalue weighted by molar-refractivity contribution is 4.81. The lowest BCUT2D eigenvalue weighted by atomic mass is 10.1. The van der Waals surface area contributed by atoms with Gasteiger partial charge in [0.2, 0.25) is 0 Å². The van der Waals surface area contributed by atoms with Gasteiger partial charge in [-0.3, -0.25) is 0 Å². The lowest BCUT2D eigenvalue weighted by Crippen LogP contribution is -2.51. The van der Waals surface area contributed by atoms with E-state index in [4.69, 9.17) is 15.9 Å². The molecular formula is C5H13NO3. The molecule has 0 aromatic carbocycles. The van der Waals surface area contributed by atoms with Gasteiger partial charge in [-0.05, 0) is 0 Å². The van der Waals surface area contributed by atoms with E-state index in [-0.39, 0.29) is 19.8 Å². The van der Waals surface area contributed by atoms with Crippen LogP contribution in [0.4, 0.5) is 0 Å². The van der Waals surface area contributed by atoms with E-state index in [1.165, 1.54) is 7.11 Å². The topological polar surface area (TPSA) is 75.7 Å². The van der Waals surface area contributed by atoms with Crippen molar-refractivity contribution < 1.29 is 14.9 Å². The van der Waals surface area contributed by atoms with Gasteiger partial charge in [-0.1, -0.05) is 0 Å². The largest absolute Gasteiger partial charge is 0.394 e. The lowest BCUT2D eigenvalue weighted by Gasteiger charge is -2.22. The van der Waals surface area contributed by atoms with Crippen LogP contribution in [-0.4, -0.2) is 42.7 Å². The molecule has 9 heavy (non-hydrogen) atoms. The lowest BCUT2D eigenvalue weighted by molar-refractivity contribution is 0.0473. The van der Waals surface area contributed by atoms with E-state index in [0.717, 1.165) is 0 Å². The smallest absolute Gasteiger partial charge is 0.0859 e. The Bertz CT molecular complexity index is 72.6. The minimum atomic E-state index is -0.977. The first-order chi connectivity index (χ1) is 4.18. The van der Waals surface area contributed by atoms with E-state index in [0.29, 0.717) is 0 Å². The van der Waals surface area contributed by atoms with Crippen molar-refractivity contribution in [3.63, 3.8) is 0 Å². The average molecular weight is 135 g/mol. The third-order valence-corrected chi connectivity index (χ3v) is 1.06. The molecule has 0 aliphatic heterocycles. The minimum absolute atomic E-state index is 0.167. The third-order valence-electron chi connectivity index (χ3n) is 1.06. The summed E-state index contributed by atoms with van der Waals surface area (Å²) in [5.74, 6) is 0. The Morgan fingerprint density at radius 1 is 1.44 bits per heavy atom. The molecule has 0 aromatic heterocycles. The molecule has 0 amide bonds. The molecule has 0 fully saturated rings. The van der Waals surface area contributed by atoms with Crippen molar-refractivity contribution >= 4 is 0 Å².